The second-order valence-electron chi connectivity index (χ2n) is 11.8. The highest BCUT2D eigenvalue weighted by atomic mass is 28.4. The summed E-state index contributed by atoms with van der Waals surface area (Å²) in [5.41, 5.74) is 7.49. The quantitative estimate of drug-likeness (QED) is 0.221. The summed E-state index contributed by atoms with van der Waals surface area (Å²) in [6.45, 7) is 17.0. The first-order valence-corrected chi connectivity index (χ1v) is 19.8. The van der Waals surface area contributed by atoms with Gasteiger partial charge in [0.2, 0.25) is 16.6 Å². The predicted octanol–water partition coefficient (Wildman–Crippen LogP) is 6.97. The smallest absolute Gasteiger partial charge is 0.255 e. The van der Waals surface area contributed by atoms with Crippen LogP contribution in [0.2, 0.25) is 26.2 Å². The van der Waals surface area contributed by atoms with Gasteiger partial charge in [0.05, 0.1) is 0 Å². The van der Waals surface area contributed by atoms with E-state index in [-0.39, 0.29) is 11.8 Å². The first-order valence-electron chi connectivity index (χ1n) is 13.9. The molecule has 4 rings (SSSR count). The van der Waals surface area contributed by atoms with Crippen molar-refractivity contribution in [3.63, 3.8) is 0 Å². The lowest BCUT2D eigenvalue weighted by Crippen LogP contribution is -2.57. The Bertz CT molecular complexity index is 1460. The van der Waals surface area contributed by atoms with E-state index < -0.39 is 16.6 Å². The molecule has 4 aromatic carbocycles. The van der Waals surface area contributed by atoms with Crippen molar-refractivity contribution < 1.29 is 13.7 Å². The fourth-order valence-corrected chi connectivity index (χ4v) is 12.8. The fraction of sp³-hybridized carbons (Fsp3) is 0.235. The molecule has 7 heteroatoms. The topological polar surface area (TPSA) is 67.4 Å². The fourth-order valence-electron chi connectivity index (χ4n) is 4.85. The SMILES string of the molecule is Cc1ccc(NC(=O)c2ccc([Si](C)(C)O[Si](C)(C)c3ccc(C(=O)Nc4ccc(C)c(C)c4)cc3)cc2)cc1C. The molecule has 0 unspecified atom stereocenters. The van der Waals surface area contributed by atoms with Gasteiger partial charge in [0.15, 0.2) is 0 Å². The molecule has 212 valence electrons. The zero-order valence-electron chi connectivity index (χ0n) is 25.3. The monoisotopic (exact) mass is 580 g/mol. The van der Waals surface area contributed by atoms with Gasteiger partial charge in [-0.2, -0.15) is 0 Å². The minimum atomic E-state index is -2.29. The van der Waals surface area contributed by atoms with Crippen LogP contribution in [0.5, 0.6) is 0 Å². The van der Waals surface area contributed by atoms with Crippen LogP contribution in [-0.4, -0.2) is 28.4 Å². The maximum Gasteiger partial charge on any atom is 0.255 e. The number of benzene rings is 4. The number of hydrogen-bond acceptors (Lipinski definition) is 3. The molecule has 0 atom stereocenters. The molecule has 0 bridgehead atoms. The van der Waals surface area contributed by atoms with E-state index in [1.807, 2.05) is 98.8 Å². The molecule has 2 amide bonds. The normalized spacial score (nSPS) is 11.7. The molecule has 2 N–H and O–H groups in total. The van der Waals surface area contributed by atoms with Crippen molar-refractivity contribution >= 4 is 50.2 Å². The maximum atomic E-state index is 12.8. The standard InChI is InChI=1S/C34H40N2O3Si2/c1-23-9-15-29(21-25(23)3)35-33(37)27-11-17-31(18-12-27)40(5,6)39-41(7,8)32-19-13-28(14-20-32)34(38)36-30-16-10-24(2)26(4)22-30/h9-22H,1-8H3,(H,35,37)(H,36,38). The van der Waals surface area contributed by atoms with Gasteiger partial charge in [-0.1, -0.05) is 36.4 Å². The lowest BCUT2D eigenvalue weighted by atomic mass is 10.1. The van der Waals surface area contributed by atoms with Crippen LogP contribution in [0.4, 0.5) is 11.4 Å². The summed E-state index contributed by atoms with van der Waals surface area (Å²) in [5, 5.41) is 8.25. The maximum absolute atomic E-state index is 12.8. The van der Waals surface area contributed by atoms with Crippen LogP contribution in [-0.2, 0) is 4.12 Å². The second kappa shape index (κ2) is 12.0. The largest absolute Gasteiger partial charge is 0.449 e. The van der Waals surface area contributed by atoms with Crippen LogP contribution in [0.25, 0.3) is 0 Å². The third-order valence-corrected chi connectivity index (χ3v) is 15.3. The van der Waals surface area contributed by atoms with Crippen LogP contribution >= 0.6 is 0 Å². The Labute approximate surface area is 246 Å². The molecule has 0 aromatic heterocycles. The van der Waals surface area contributed by atoms with Gasteiger partial charge in [0, 0.05) is 22.5 Å². The van der Waals surface area contributed by atoms with E-state index in [1.165, 1.54) is 11.1 Å². The summed E-state index contributed by atoms with van der Waals surface area (Å²) < 4.78 is 6.91. The molecule has 4 aromatic rings. The van der Waals surface area contributed by atoms with Crippen LogP contribution in [0, 0.1) is 27.7 Å². The van der Waals surface area contributed by atoms with Crippen LogP contribution in [0.3, 0.4) is 0 Å². The van der Waals surface area contributed by atoms with E-state index in [2.05, 4.69) is 50.7 Å². The van der Waals surface area contributed by atoms with Crippen molar-refractivity contribution in [2.45, 2.75) is 53.9 Å². The predicted molar refractivity (Wildman–Crippen MR) is 176 cm³/mol. The van der Waals surface area contributed by atoms with Crippen molar-refractivity contribution in [1.29, 1.82) is 0 Å². The summed E-state index contributed by atoms with van der Waals surface area (Å²) in [4.78, 5) is 25.7. The average Bonchev–Trinajstić information content (AvgIpc) is 2.92. The van der Waals surface area contributed by atoms with Crippen LogP contribution < -0.4 is 21.0 Å². The zero-order chi connectivity index (χ0) is 29.9. The van der Waals surface area contributed by atoms with Crippen LogP contribution in [0.15, 0.2) is 84.9 Å². The van der Waals surface area contributed by atoms with E-state index in [0.29, 0.717) is 11.1 Å². The van der Waals surface area contributed by atoms with Gasteiger partial charge in [-0.05, 0) is 135 Å². The minimum Gasteiger partial charge on any atom is -0.449 e. The highest BCUT2D eigenvalue weighted by Crippen LogP contribution is 2.19. The molecule has 5 nitrogen and oxygen atoms in total. The molecule has 0 saturated heterocycles. The molecule has 0 spiro atoms. The Morgan fingerprint density at radius 3 is 1.17 bits per heavy atom. The third-order valence-electron chi connectivity index (χ3n) is 7.72. The van der Waals surface area contributed by atoms with Gasteiger partial charge in [-0.25, -0.2) is 0 Å². The van der Waals surface area contributed by atoms with Crippen molar-refractivity contribution in [3.8, 4) is 0 Å². The summed E-state index contributed by atoms with van der Waals surface area (Å²) >= 11 is 0. The molecule has 0 aliphatic heterocycles. The van der Waals surface area contributed by atoms with Gasteiger partial charge >= 0.3 is 0 Å². The number of carbonyl (C=O) groups excluding carboxylic acids is 2. The molecule has 0 heterocycles. The lowest BCUT2D eigenvalue weighted by Gasteiger charge is -2.34. The Morgan fingerprint density at radius 1 is 0.512 bits per heavy atom. The second-order valence-corrected chi connectivity index (χ2v) is 19.8. The van der Waals surface area contributed by atoms with Gasteiger partial charge < -0.3 is 14.7 Å². The number of anilines is 2. The Balaban J connectivity index is 1.42. The summed E-state index contributed by atoms with van der Waals surface area (Å²) in [6, 6.07) is 27.4. The molecule has 0 radical (unpaired) electrons. The van der Waals surface area contributed by atoms with Gasteiger partial charge in [0.1, 0.15) is 0 Å². The molecule has 0 fully saturated rings. The van der Waals surface area contributed by atoms with E-state index in [4.69, 9.17) is 4.12 Å². The van der Waals surface area contributed by atoms with Crippen molar-refractivity contribution in [3.05, 3.63) is 118 Å². The summed E-state index contributed by atoms with van der Waals surface area (Å²) in [6.07, 6.45) is 0. The van der Waals surface area contributed by atoms with Gasteiger partial charge in [0.25, 0.3) is 11.8 Å². The molecule has 41 heavy (non-hydrogen) atoms. The Hall–Kier alpha value is -3.79. The number of carbonyl (C=O) groups is 2. The first-order chi connectivity index (χ1) is 19.2. The first kappa shape index (κ1) is 30.2. The van der Waals surface area contributed by atoms with E-state index in [9.17, 15) is 9.59 Å². The summed E-state index contributed by atoms with van der Waals surface area (Å²) in [5.74, 6) is -0.256. The lowest BCUT2D eigenvalue weighted by molar-refractivity contribution is 0.101. The Kier molecular flexibility index (Phi) is 8.82. The molecule has 0 aliphatic carbocycles. The molecular weight excluding hydrogens is 541 g/mol. The van der Waals surface area contributed by atoms with Crippen molar-refractivity contribution in [2.75, 3.05) is 10.6 Å². The third kappa shape index (κ3) is 7.30. The number of rotatable bonds is 8. The number of nitrogens with one attached hydrogen (secondary N) is 2. The Morgan fingerprint density at radius 2 is 0.854 bits per heavy atom. The minimum absolute atomic E-state index is 0.128. The number of hydrogen-bond donors (Lipinski definition) is 2. The van der Waals surface area contributed by atoms with E-state index in [1.54, 1.807) is 0 Å². The zero-order valence-corrected chi connectivity index (χ0v) is 27.3. The van der Waals surface area contributed by atoms with E-state index in [0.717, 1.165) is 32.9 Å². The highest BCUT2D eigenvalue weighted by molar-refractivity contribution is 6.96. The highest BCUT2D eigenvalue weighted by Gasteiger charge is 2.36. The molecular formula is C34H40N2O3Si2. The van der Waals surface area contributed by atoms with Crippen LogP contribution in [0.1, 0.15) is 43.0 Å². The van der Waals surface area contributed by atoms with E-state index >= 15 is 0 Å². The summed E-state index contributed by atoms with van der Waals surface area (Å²) in [7, 11) is -4.58. The number of aryl methyl sites for hydroxylation is 4. The average molecular weight is 581 g/mol. The molecule has 0 aliphatic rings. The van der Waals surface area contributed by atoms with Gasteiger partial charge in [-0.15, -0.1) is 0 Å². The molecule has 0 saturated carbocycles. The van der Waals surface area contributed by atoms with Crippen molar-refractivity contribution in [2.24, 2.45) is 0 Å². The number of amides is 2. The van der Waals surface area contributed by atoms with Gasteiger partial charge in [-0.3, -0.25) is 9.59 Å². The van der Waals surface area contributed by atoms with Crippen molar-refractivity contribution in [1.82, 2.24) is 0 Å².